The first-order valence-corrected chi connectivity index (χ1v) is 9.99. The van der Waals surface area contributed by atoms with Crippen molar-refractivity contribution in [1.82, 2.24) is 10.3 Å². The third kappa shape index (κ3) is 5.58. The van der Waals surface area contributed by atoms with Crippen LogP contribution in [0.2, 0.25) is 0 Å². The molecule has 2 aromatic carbocycles. The highest BCUT2D eigenvalue weighted by Crippen LogP contribution is 2.33. The van der Waals surface area contributed by atoms with Crippen LogP contribution in [0.4, 0.5) is 14.9 Å². The second-order valence-corrected chi connectivity index (χ2v) is 7.02. The second-order valence-electron chi connectivity index (χ2n) is 6.17. The van der Waals surface area contributed by atoms with Gasteiger partial charge in [-0.2, -0.15) is 0 Å². The SMILES string of the molecule is COc1ccc(-c2nc(C(=O)OCC(=O)NC(=O)Nc3ccccc3F)cs2)cc1OC. The number of carbonyl (C=O) groups excluding carboxylic acids is 3. The van der Waals surface area contributed by atoms with E-state index in [1.165, 1.54) is 49.1 Å². The Bertz CT molecular complexity index is 1150. The Balaban J connectivity index is 1.54. The van der Waals surface area contributed by atoms with Crippen LogP contribution < -0.4 is 20.1 Å². The molecule has 0 saturated heterocycles. The minimum Gasteiger partial charge on any atom is -0.493 e. The molecule has 0 aliphatic heterocycles. The summed E-state index contributed by atoms with van der Waals surface area (Å²) >= 11 is 1.20. The number of anilines is 1. The standard InChI is InChI=1S/C21H18FN3O6S/c1-29-16-8-7-12(9-17(16)30-2)19-23-15(11-32-19)20(27)31-10-18(26)25-21(28)24-14-6-4-3-5-13(14)22/h3-9,11H,10H2,1-2H3,(H2,24,25,26,28). The molecule has 166 valence electrons. The van der Waals surface area contributed by atoms with Crippen molar-refractivity contribution >= 4 is 34.9 Å². The monoisotopic (exact) mass is 459 g/mol. The molecule has 32 heavy (non-hydrogen) atoms. The molecule has 1 aromatic heterocycles. The number of esters is 1. The first-order chi connectivity index (χ1) is 15.4. The highest BCUT2D eigenvalue weighted by Gasteiger charge is 2.17. The molecule has 2 N–H and O–H groups in total. The molecule has 0 saturated carbocycles. The smallest absolute Gasteiger partial charge is 0.358 e. The molecule has 0 spiro atoms. The number of benzene rings is 2. The Morgan fingerprint density at radius 1 is 1.06 bits per heavy atom. The number of nitrogens with zero attached hydrogens (tertiary/aromatic N) is 1. The lowest BCUT2D eigenvalue weighted by Gasteiger charge is -2.08. The van der Waals surface area contributed by atoms with Crippen molar-refractivity contribution in [2.45, 2.75) is 0 Å². The summed E-state index contributed by atoms with van der Waals surface area (Å²) < 4.78 is 28.9. The molecule has 0 fully saturated rings. The van der Waals surface area contributed by atoms with E-state index < -0.39 is 30.3 Å². The first kappa shape index (κ1) is 22.7. The Labute approximate surface area is 186 Å². The van der Waals surface area contributed by atoms with E-state index >= 15 is 0 Å². The van der Waals surface area contributed by atoms with Crippen LogP contribution in [0.3, 0.4) is 0 Å². The molecule has 0 atom stereocenters. The third-order valence-corrected chi connectivity index (χ3v) is 4.94. The number of thiazole rings is 1. The Kier molecular flexibility index (Phi) is 7.34. The van der Waals surface area contributed by atoms with Gasteiger partial charge in [-0.15, -0.1) is 11.3 Å². The van der Waals surface area contributed by atoms with Crippen molar-refractivity contribution in [3.8, 4) is 22.1 Å². The van der Waals surface area contributed by atoms with Crippen LogP contribution in [0, 0.1) is 5.82 Å². The molecule has 3 amide bonds. The summed E-state index contributed by atoms with van der Waals surface area (Å²) in [5.41, 5.74) is 0.609. The van der Waals surface area contributed by atoms with Crippen LogP contribution in [0.1, 0.15) is 10.5 Å². The van der Waals surface area contributed by atoms with E-state index in [0.717, 1.165) is 6.07 Å². The van der Waals surface area contributed by atoms with E-state index in [1.807, 2.05) is 5.32 Å². The average Bonchev–Trinajstić information content (AvgIpc) is 3.29. The summed E-state index contributed by atoms with van der Waals surface area (Å²) in [6.45, 7) is -0.716. The zero-order chi connectivity index (χ0) is 23.1. The van der Waals surface area contributed by atoms with Crippen LogP contribution >= 0.6 is 11.3 Å². The van der Waals surface area contributed by atoms with Gasteiger partial charge < -0.3 is 19.5 Å². The van der Waals surface area contributed by atoms with E-state index in [9.17, 15) is 18.8 Å². The van der Waals surface area contributed by atoms with Crippen molar-refractivity contribution in [1.29, 1.82) is 0 Å². The maximum absolute atomic E-state index is 13.5. The number of urea groups is 1. The van der Waals surface area contributed by atoms with Crippen LogP contribution in [-0.2, 0) is 9.53 Å². The normalized spacial score (nSPS) is 10.2. The first-order valence-electron chi connectivity index (χ1n) is 9.11. The molecule has 1 heterocycles. The zero-order valence-corrected chi connectivity index (χ0v) is 17.8. The predicted molar refractivity (Wildman–Crippen MR) is 114 cm³/mol. The number of halogens is 1. The van der Waals surface area contributed by atoms with Crippen molar-refractivity contribution < 1.29 is 33.0 Å². The number of ether oxygens (including phenoxy) is 3. The number of aromatic nitrogens is 1. The summed E-state index contributed by atoms with van der Waals surface area (Å²) in [7, 11) is 3.03. The lowest BCUT2D eigenvalue weighted by molar-refractivity contribution is -0.123. The maximum atomic E-state index is 13.5. The predicted octanol–water partition coefficient (Wildman–Crippen LogP) is 3.47. The summed E-state index contributed by atoms with van der Waals surface area (Å²) in [6, 6.07) is 9.70. The van der Waals surface area contributed by atoms with Gasteiger partial charge in [0.15, 0.2) is 23.8 Å². The molecule has 3 rings (SSSR count). The number of carbonyl (C=O) groups is 3. The fourth-order valence-electron chi connectivity index (χ4n) is 2.55. The molecular formula is C21H18FN3O6S. The van der Waals surface area contributed by atoms with Gasteiger partial charge in [0, 0.05) is 10.9 Å². The molecule has 3 aromatic rings. The largest absolute Gasteiger partial charge is 0.493 e. The summed E-state index contributed by atoms with van der Waals surface area (Å²) in [5, 5.41) is 6.14. The van der Waals surface area contributed by atoms with Crippen molar-refractivity contribution in [2.75, 3.05) is 26.1 Å². The van der Waals surface area contributed by atoms with Crippen LogP contribution in [0.5, 0.6) is 11.5 Å². The van der Waals surface area contributed by atoms with Crippen molar-refractivity contribution in [3.05, 3.63) is 59.4 Å². The van der Waals surface area contributed by atoms with Crippen molar-refractivity contribution in [2.24, 2.45) is 0 Å². The van der Waals surface area contributed by atoms with Crippen LogP contribution in [0.15, 0.2) is 47.8 Å². The number of rotatable bonds is 7. The molecule has 0 unspecified atom stereocenters. The van der Waals surface area contributed by atoms with Gasteiger partial charge in [-0.25, -0.2) is 19.0 Å². The lowest BCUT2D eigenvalue weighted by atomic mass is 10.2. The Morgan fingerprint density at radius 2 is 1.81 bits per heavy atom. The van der Waals surface area contributed by atoms with Crippen molar-refractivity contribution in [3.63, 3.8) is 0 Å². The number of amides is 3. The minimum atomic E-state index is -0.958. The van der Waals surface area contributed by atoms with Gasteiger partial charge in [0.2, 0.25) is 0 Å². The van der Waals surface area contributed by atoms with Gasteiger partial charge in [-0.05, 0) is 30.3 Å². The topological polar surface area (TPSA) is 116 Å². The van der Waals surface area contributed by atoms with Gasteiger partial charge in [0.25, 0.3) is 5.91 Å². The number of hydrogen-bond acceptors (Lipinski definition) is 8. The van der Waals surface area contributed by atoms with E-state index in [2.05, 4.69) is 10.3 Å². The number of para-hydroxylation sites is 1. The molecular weight excluding hydrogens is 441 g/mol. The molecule has 0 bridgehead atoms. The zero-order valence-electron chi connectivity index (χ0n) is 17.0. The van der Waals surface area contributed by atoms with Gasteiger partial charge in [-0.3, -0.25) is 10.1 Å². The molecule has 0 aliphatic rings. The van der Waals surface area contributed by atoms with Gasteiger partial charge >= 0.3 is 12.0 Å². The molecule has 11 heteroatoms. The molecule has 0 radical (unpaired) electrons. The highest BCUT2D eigenvalue weighted by molar-refractivity contribution is 7.13. The number of nitrogens with one attached hydrogen (secondary N) is 2. The maximum Gasteiger partial charge on any atom is 0.358 e. The Morgan fingerprint density at radius 3 is 2.53 bits per heavy atom. The summed E-state index contributed by atoms with van der Waals surface area (Å²) in [4.78, 5) is 40.0. The third-order valence-electron chi connectivity index (χ3n) is 4.05. The van der Waals surface area contributed by atoms with E-state index in [4.69, 9.17) is 14.2 Å². The average molecular weight is 459 g/mol. The molecule has 9 nitrogen and oxygen atoms in total. The number of methoxy groups -OCH3 is 2. The quantitative estimate of drug-likeness (QED) is 0.520. The second kappa shape index (κ2) is 10.4. The highest BCUT2D eigenvalue weighted by atomic mass is 32.1. The minimum absolute atomic E-state index is 0.00314. The number of hydrogen-bond donors (Lipinski definition) is 2. The fraction of sp³-hybridized carbons (Fsp3) is 0.143. The fourth-order valence-corrected chi connectivity index (χ4v) is 3.34. The van der Waals surface area contributed by atoms with E-state index in [0.29, 0.717) is 22.1 Å². The summed E-state index contributed by atoms with van der Waals surface area (Å²) in [6.07, 6.45) is 0. The van der Waals surface area contributed by atoms with E-state index in [1.54, 1.807) is 18.2 Å². The summed E-state index contributed by atoms with van der Waals surface area (Å²) in [5.74, 6) is -1.32. The van der Waals surface area contributed by atoms with Gasteiger partial charge in [0.1, 0.15) is 10.8 Å². The van der Waals surface area contributed by atoms with Crippen LogP contribution in [-0.4, -0.2) is 43.7 Å². The van der Waals surface area contributed by atoms with Gasteiger partial charge in [0.05, 0.1) is 19.9 Å². The van der Waals surface area contributed by atoms with E-state index in [-0.39, 0.29) is 11.4 Å². The molecule has 0 aliphatic carbocycles. The number of imide groups is 1. The Hall–Kier alpha value is -3.99. The van der Waals surface area contributed by atoms with Gasteiger partial charge in [-0.1, -0.05) is 12.1 Å². The van der Waals surface area contributed by atoms with Crippen LogP contribution in [0.25, 0.3) is 10.6 Å². The lowest BCUT2D eigenvalue weighted by Crippen LogP contribution is -2.37.